The average molecular weight is 387 g/mol. The van der Waals surface area contributed by atoms with Crippen LogP contribution < -0.4 is 5.32 Å². The predicted octanol–water partition coefficient (Wildman–Crippen LogP) is 4.41. The van der Waals surface area contributed by atoms with Gasteiger partial charge in [0.25, 0.3) is 5.91 Å². The Kier molecular flexibility index (Phi) is 6.66. The van der Waals surface area contributed by atoms with E-state index in [1.807, 2.05) is 24.3 Å². The highest BCUT2D eigenvalue weighted by molar-refractivity contribution is 6.30. The molecule has 2 rings (SSSR count). The van der Waals surface area contributed by atoms with Gasteiger partial charge in [0, 0.05) is 24.2 Å². The van der Waals surface area contributed by atoms with Gasteiger partial charge in [0.1, 0.15) is 6.04 Å². The van der Waals surface area contributed by atoms with Gasteiger partial charge in [0.15, 0.2) is 0 Å². The van der Waals surface area contributed by atoms with Gasteiger partial charge in [-0.05, 0) is 47.7 Å². The zero-order valence-electron chi connectivity index (χ0n) is 16.5. The third kappa shape index (κ3) is 5.83. The lowest BCUT2D eigenvalue weighted by Crippen LogP contribution is -2.45. The number of hydrogen-bond donors (Lipinski definition) is 1. The van der Waals surface area contributed by atoms with Crippen LogP contribution in [0.5, 0.6) is 0 Å². The minimum Gasteiger partial charge on any atom is -0.341 e. The van der Waals surface area contributed by atoms with Crippen LogP contribution in [0.1, 0.15) is 49.2 Å². The summed E-state index contributed by atoms with van der Waals surface area (Å²) in [6.07, 6.45) is 0. The SMILES string of the molecule is CC(NC(=O)c1ccc(C(C)(C)C)cc1)C(=O)N(C)Cc1ccc(Cl)cc1. The standard InChI is InChI=1S/C22H27ClN2O2/c1-15(21(27)25(5)14-16-6-12-19(23)13-7-16)24-20(26)17-8-10-18(11-9-17)22(2,3)4/h6-13,15H,14H2,1-5H3,(H,24,26). The van der Waals surface area contributed by atoms with Crippen molar-refractivity contribution in [3.05, 3.63) is 70.2 Å². The molecular weight excluding hydrogens is 360 g/mol. The maximum atomic E-state index is 12.6. The summed E-state index contributed by atoms with van der Waals surface area (Å²) in [5.41, 5.74) is 2.71. The molecule has 1 unspecified atom stereocenters. The van der Waals surface area contributed by atoms with Crippen LogP contribution in [0.25, 0.3) is 0 Å². The van der Waals surface area contributed by atoms with Crippen molar-refractivity contribution in [2.24, 2.45) is 0 Å². The van der Waals surface area contributed by atoms with Crippen molar-refractivity contribution in [1.29, 1.82) is 0 Å². The number of carbonyl (C=O) groups is 2. The van der Waals surface area contributed by atoms with Gasteiger partial charge < -0.3 is 10.2 Å². The van der Waals surface area contributed by atoms with Crippen molar-refractivity contribution in [3.8, 4) is 0 Å². The zero-order chi connectivity index (χ0) is 20.2. The van der Waals surface area contributed by atoms with Gasteiger partial charge in [-0.1, -0.05) is 56.6 Å². The van der Waals surface area contributed by atoms with E-state index >= 15 is 0 Å². The molecule has 4 nitrogen and oxygen atoms in total. The fourth-order valence-corrected chi connectivity index (χ4v) is 2.86. The van der Waals surface area contributed by atoms with Gasteiger partial charge in [-0.2, -0.15) is 0 Å². The second kappa shape index (κ2) is 8.57. The van der Waals surface area contributed by atoms with Crippen LogP contribution in [0, 0.1) is 0 Å². The smallest absolute Gasteiger partial charge is 0.251 e. The summed E-state index contributed by atoms with van der Waals surface area (Å²) in [5, 5.41) is 3.44. The number of amides is 2. The van der Waals surface area contributed by atoms with Crippen LogP contribution in [-0.2, 0) is 16.8 Å². The monoisotopic (exact) mass is 386 g/mol. The minimum atomic E-state index is -0.614. The van der Waals surface area contributed by atoms with Crippen LogP contribution in [0.2, 0.25) is 5.02 Å². The van der Waals surface area contributed by atoms with Crippen molar-refractivity contribution >= 4 is 23.4 Å². The van der Waals surface area contributed by atoms with Gasteiger partial charge in [-0.25, -0.2) is 0 Å². The van der Waals surface area contributed by atoms with E-state index in [-0.39, 0.29) is 17.2 Å². The number of benzene rings is 2. The van der Waals surface area contributed by atoms with Crippen molar-refractivity contribution < 1.29 is 9.59 Å². The largest absolute Gasteiger partial charge is 0.341 e. The van der Waals surface area contributed by atoms with Gasteiger partial charge in [0.2, 0.25) is 5.91 Å². The summed E-state index contributed by atoms with van der Waals surface area (Å²) in [5.74, 6) is -0.402. The molecule has 0 aliphatic heterocycles. The van der Waals surface area contributed by atoms with Crippen LogP contribution in [0.15, 0.2) is 48.5 Å². The number of nitrogens with one attached hydrogen (secondary N) is 1. The first-order valence-electron chi connectivity index (χ1n) is 8.99. The lowest BCUT2D eigenvalue weighted by atomic mass is 9.86. The second-order valence-electron chi connectivity index (χ2n) is 7.84. The van der Waals surface area contributed by atoms with Gasteiger partial charge >= 0.3 is 0 Å². The van der Waals surface area contributed by atoms with Crippen LogP contribution >= 0.6 is 11.6 Å². The van der Waals surface area contributed by atoms with E-state index in [2.05, 4.69) is 26.1 Å². The Morgan fingerprint density at radius 1 is 1.04 bits per heavy atom. The van der Waals surface area contributed by atoms with E-state index < -0.39 is 6.04 Å². The summed E-state index contributed by atoms with van der Waals surface area (Å²) in [6.45, 7) is 8.52. The number of rotatable bonds is 5. The molecule has 0 bridgehead atoms. The molecule has 2 aromatic rings. The van der Waals surface area contributed by atoms with E-state index in [1.54, 1.807) is 43.1 Å². The molecule has 0 aromatic heterocycles. The van der Waals surface area contributed by atoms with Gasteiger partial charge in [0.05, 0.1) is 0 Å². The quantitative estimate of drug-likeness (QED) is 0.827. The third-order valence-electron chi connectivity index (χ3n) is 4.44. The molecule has 2 aromatic carbocycles. The van der Waals surface area contributed by atoms with Crippen molar-refractivity contribution in [3.63, 3.8) is 0 Å². The Balaban J connectivity index is 1.96. The lowest BCUT2D eigenvalue weighted by Gasteiger charge is -2.22. The minimum absolute atomic E-state index is 0.0304. The molecule has 5 heteroatoms. The fourth-order valence-electron chi connectivity index (χ4n) is 2.74. The highest BCUT2D eigenvalue weighted by atomic mass is 35.5. The number of likely N-dealkylation sites (N-methyl/N-ethyl adjacent to an activating group) is 1. The molecule has 0 radical (unpaired) electrons. The molecule has 0 heterocycles. The topological polar surface area (TPSA) is 49.4 Å². The summed E-state index contributed by atoms with van der Waals surface area (Å²) >= 11 is 5.88. The third-order valence-corrected chi connectivity index (χ3v) is 4.69. The van der Waals surface area contributed by atoms with Crippen LogP contribution in [0.4, 0.5) is 0 Å². The summed E-state index contributed by atoms with van der Waals surface area (Å²) in [6, 6.07) is 14.2. The average Bonchev–Trinajstić information content (AvgIpc) is 2.62. The fraction of sp³-hybridized carbons (Fsp3) is 0.364. The predicted molar refractivity (Wildman–Crippen MR) is 110 cm³/mol. The Hall–Kier alpha value is -2.33. The molecule has 2 amide bonds. The van der Waals surface area contributed by atoms with Crippen LogP contribution in [-0.4, -0.2) is 29.8 Å². The maximum Gasteiger partial charge on any atom is 0.251 e. The number of halogens is 1. The first-order chi connectivity index (χ1) is 12.6. The summed E-state index contributed by atoms with van der Waals surface area (Å²) in [7, 11) is 1.72. The Morgan fingerprint density at radius 2 is 1.59 bits per heavy atom. The molecule has 0 spiro atoms. The van der Waals surface area contributed by atoms with Crippen LogP contribution in [0.3, 0.4) is 0 Å². The van der Waals surface area contributed by atoms with E-state index in [1.165, 1.54) is 0 Å². The van der Waals surface area contributed by atoms with Gasteiger partial charge in [-0.3, -0.25) is 9.59 Å². The first kappa shape index (κ1) is 21.0. The molecule has 0 aliphatic rings. The Morgan fingerprint density at radius 3 is 2.11 bits per heavy atom. The summed E-state index contributed by atoms with van der Waals surface area (Å²) < 4.78 is 0. The molecule has 27 heavy (non-hydrogen) atoms. The molecule has 0 saturated carbocycles. The summed E-state index contributed by atoms with van der Waals surface area (Å²) in [4.78, 5) is 26.6. The highest BCUT2D eigenvalue weighted by Crippen LogP contribution is 2.22. The number of hydrogen-bond acceptors (Lipinski definition) is 2. The van der Waals surface area contributed by atoms with E-state index in [0.29, 0.717) is 17.1 Å². The molecule has 1 atom stereocenters. The molecular formula is C22H27ClN2O2. The highest BCUT2D eigenvalue weighted by Gasteiger charge is 2.21. The number of carbonyl (C=O) groups excluding carboxylic acids is 2. The molecule has 0 fully saturated rings. The number of nitrogens with zero attached hydrogens (tertiary/aromatic N) is 1. The molecule has 0 aliphatic carbocycles. The van der Waals surface area contributed by atoms with Crippen molar-refractivity contribution in [2.45, 2.75) is 45.7 Å². The second-order valence-corrected chi connectivity index (χ2v) is 8.28. The lowest BCUT2D eigenvalue weighted by molar-refractivity contribution is -0.132. The van der Waals surface area contributed by atoms with E-state index in [0.717, 1.165) is 11.1 Å². The zero-order valence-corrected chi connectivity index (χ0v) is 17.3. The van der Waals surface area contributed by atoms with Crippen molar-refractivity contribution in [2.75, 3.05) is 7.05 Å². The van der Waals surface area contributed by atoms with E-state index in [4.69, 9.17) is 11.6 Å². The molecule has 0 saturated heterocycles. The van der Waals surface area contributed by atoms with Crippen molar-refractivity contribution in [1.82, 2.24) is 10.2 Å². The Bertz CT molecular complexity index is 793. The Labute approximate surface area is 166 Å². The normalized spacial score (nSPS) is 12.4. The maximum absolute atomic E-state index is 12.6. The molecule has 144 valence electrons. The van der Waals surface area contributed by atoms with E-state index in [9.17, 15) is 9.59 Å². The first-order valence-corrected chi connectivity index (χ1v) is 9.36. The van der Waals surface area contributed by atoms with Gasteiger partial charge in [-0.15, -0.1) is 0 Å². The molecule has 1 N–H and O–H groups in total.